The van der Waals surface area contributed by atoms with E-state index in [1.807, 2.05) is 23.0 Å². The van der Waals surface area contributed by atoms with Gasteiger partial charge in [-0.05, 0) is 37.8 Å². The first kappa shape index (κ1) is 19.2. The molecule has 158 valence electrons. The molecular weight excluding hydrogens is 396 g/mol. The van der Waals surface area contributed by atoms with Crippen LogP contribution in [0.5, 0.6) is 5.75 Å². The van der Waals surface area contributed by atoms with Crippen molar-refractivity contribution in [3.05, 3.63) is 48.5 Å². The smallest absolute Gasteiger partial charge is 0.261 e. The van der Waals surface area contributed by atoms with Crippen LogP contribution in [0.4, 0.5) is 5.69 Å². The highest BCUT2D eigenvalue weighted by Gasteiger charge is 2.23. The minimum Gasteiger partial charge on any atom is -0.494 e. The van der Waals surface area contributed by atoms with Crippen LogP contribution in [-0.4, -0.2) is 43.7 Å². The number of fused-ring (bicyclic) bond motifs is 2. The van der Waals surface area contributed by atoms with Crippen LogP contribution in [0.15, 0.2) is 43.0 Å². The van der Waals surface area contributed by atoms with E-state index in [9.17, 15) is 9.59 Å². The molecule has 1 fully saturated rings. The maximum atomic E-state index is 12.9. The Labute approximate surface area is 178 Å². The molecule has 0 unspecified atom stereocenters. The van der Waals surface area contributed by atoms with Crippen molar-refractivity contribution in [2.75, 3.05) is 12.4 Å². The van der Waals surface area contributed by atoms with E-state index in [0.717, 1.165) is 42.9 Å². The fourth-order valence-corrected chi connectivity index (χ4v) is 4.20. The summed E-state index contributed by atoms with van der Waals surface area (Å²) >= 11 is 0. The van der Waals surface area contributed by atoms with Crippen LogP contribution >= 0.6 is 0 Å². The van der Waals surface area contributed by atoms with Crippen LogP contribution in [0.2, 0.25) is 0 Å². The Morgan fingerprint density at radius 2 is 2.10 bits per heavy atom. The van der Waals surface area contributed by atoms with E-state index >= 15 is 0 Å². The standard InChI is InChI=1S/C22H22N6O3/c1-31-20-10-18-15(12-28(26-18)16-5-3-14(13-29)4-6-16)9-19(20)25-22(30)17-11-24-27-8-2-7-23-21(17)27/h2,7-14,16H,3-6H2,1H3,(H,25,30)/t14-,16-. The first-order chi connectivity index (χ1) is 15.2. The number of aromatic nitrogens is 5. The highest BCUT2D eigenvalue weighted by atomic mass is 16.5. The van der Waals surface area contributed by atoms with Gasteiger partial charge in [-0.3, -0.25) is 9.48 Å². The number of ether oxygens (including phenoxy) is 1. The number of rotatable bonds is 5. The molecule has 1 saturated carbocycles. The van der Waals surface area contributed by atoms with Gasteiger partial charge in [0, 0.05) is 36.0 Å². The molecule has 0 bridgehead atoms. The Bertz CT molecular complexity index is 1270. The summed E-state index contributed by atoms with van der Waals surface area (Å²) in [6, 6.07) is 5.72. The van der Waals surface area contributed by atoms with Crippen LogP contribution in [0.1, 0.15) is 42.1 Å². The largest absolute Gasteiger partial charge is 0.494 e. The van der Waals surface area contributed by atoms with Gasteiger partial charge < -0.3 is 14.8 Å². The second-order valence-electron chi connectivity index (χ2n) is 7.83. The van der Waals surface area contributed by atoms with Gasteiger partial charge in [0.2, 0.25) is 0 Å². The Kier molecular flexibility index (Phi) is 4.85. The molecule has 9 nitrogen and oxygen atoms in total. The van der Waals surface area contributed by atoms with Crippen molar-refractivity contribution in [2.45, 2.75) is 31.7 Å². The van der Waals surface area contributed by atoms with Crippen molar-refractivity contribution in [1.82, 2.24) is 24.4 Å². The van der Waals surface area contributed by atoms with E-state index in [2.05, 4.69) is 15.4 Å². The third kappa shape index (κ3) is 3.52. The van der Waals surface area contributed by atoms with Gasteiger partial charge in [-0.2, -0.15) is 10.2 Å². The van der Waals surface area contributed by atoms with Crippen LogP contribution in [-0.2, 0) is 4.79 Å². The van der Waals surface area contributed by atoms with Crippen LogP contribution in [0, 0.1) is 5.92 Å². The maximum absolute atomic E-state index is 12.9. The molecule has 1 aliphatic carbocycles. The zero-order valence-corrected chi connectivity index (χ0v) is 17.1. The normalized spacial score (nSPS) is 18.9. The first-order valence-corrected chi connectivity index (χ1v) is 10.3. The molecule has 1 aromatic carbocycles. The third-order valence-corrected chi connectivity index (χ3v) is 5.92. The van der Waals surface area contributed by atoms with Crippen molar-refractivity contribution < 1.29 is 14.3 Å². The average molecular weight is 418 g/mol. The fourth-order valence-electron chi connectivity index (χ4n) is 4.20. The Balaban J connectivity index is 1.43. The summed E-state index contributed by atoms with van der Waals surface area (Å²) in [5.41, 5.74) is 2.22. The van der Waals surface area contributed by atoms with Crippen molar-refractivity contribution >= 4 is 34.4 Å². The number of hydrogen-bond acceptors (Lipinski definition) is 6. The number of hydrogen-bond donors (Lipinski definition) is 1. The second kappa shape index (κ2) is 7.82. The molecule has 31 heavy (non-hydrogen) atoms. The lowest BCUT2D eigenvalue weighted by Crippen LogP contribution is -2.19. The number of carbonyl (C=O) groups excluding carboxylic acids is 2. The first-order valence-electron chi connectivity index (χ1n) is 10.3. The van der Waals surface area contributed by atoms with E-state index in [1.54, 1.807) is 30.1 Å². The van der Waals surface area contributed by atoms with E-state index in [0.29, 0.717) is 22.6 Å². The van der Waals surface area contributed by atoms with Crippen molar-refractivity contribution in [3.63, 3.8) is 0 Å². The lowest BCUT2D eigenvalue weighted by Gasteiger charge is -2.25. The summed E-state index contributed by atoms with van der Waals surface area (Å²) in [4.78, 5) is 28.1. The number of benzene rings is 1. The van der Waals surface area contributed by atoms with Crippen molar-refractivity contribution in [1.29, 1.82) is 0 Å². The van der Waals surface area contributed by atoms with Gasteiger partial charge in [0.1, 0.15) is 17.6 Å². The van der Waals surface area contributed by atoms with E-state index in [1.165, 1.54) is 6.20 Å². The second-order valence-corrected chi connectivity index (χ2v) is 7.83. The number of methoxy groups -OCH3 is 1. The highest BCUT2D eigenvalue weighted by Crippen LogP contribution is 2.34. The number of nitrogens with one attached hydrogen (secondary N) is 1. The fraction of sp³-hybridized carbons (Fsp3) is 0.318. The predicted octanol–water partition coefficient (Wildman–Crippen LogP) is 3.27. The monoisotopic (exact) mass is 418 g/mol. The zero-order chi connectivity index (χ0) is 21.4. The Hall–Kier alpha value is -3.75. The van der Waals surface area contributed by atoms with Crippen LogP contribution in [0.3, 0.4) is 0 Å². The van der Waals surface area contributed by atoms with Gasteiger partial charge in [-0.15, -0.1) is 0 Å². The SMILES string of the molecule is COc1cc2nn([C@H]3CC[C@H](C=O)CC3)cc2cc1NC(=O)c1cnn2cccnc12. The van der Waals surface area contributed by atoms with Crippen LogP contribution in [0.25, 0.3) is 16.6 Å². The van der Waals surface area contributed by atoms with E-state index in [4.69, 9.17) is 9.84 Å². The predicted molar refractivity (Wildman–Crippen MR) is 114 cm³/mol. The van der Waals surface area contributed by atoms with Crippen molar-refractivity contribution in [3.8, 4) is 5.75 Å². The molecule has 5 rings (SSSR count). The minimum atomic E-state index is -0.314. The summed E-state index contributed by atoms with van der Waals surface area (Å²) in [7, 11) is 1.56. The number of amides is 1. The Morgan fingerprint density at radius 3 is 2.87 bits per heavy atom. The molecule has 4 aromatic rings. The third-order valence-electron chi connectivity index (χ3n) is 5.92. The zero-order valence-electron chi connectivity index (χ0n) is 17.1. The van der Waals surface area contributed by atoms with Gasteiger partial charge in [-0.25, -0.2) is 9.50 Å². The summed E-state index contributed by atoms with van der Waals surface area (Å²) in [6.45, 7) is 0. The quantitative estimate of drug-likeness (QED) is 0.499. The number of carbonyl (C=O) groups is 2. The lowest BCUT2D eigenvalue weighted by molar-refractivity contribution is -0.112. The molecule has 0 atom stereocenters. The molecule has 1 N–H and O–H groups in total. The van der Waals surface area contributed by atoms with Gasteiger partial charge in [0.05, 0.1) is 30.6 Å². The molecular formula is C22H22N6O3. The summed E-state index contributed by atoms with van der Waals surface area (Å²) in [5, 5.41) is 12.7. The van der Waals surface area contributed by atoms with Gasteiger partial charge >= 0.3 is 0 Å². The highest BCUT2D eigenvalue weighted by molar-refractivity contribution is 6.09. The van der Waals surface area contributed by atoms with E-state index < -0.39 is 0 Å². The molecule has 3 heterocycles. The molecule has 1 amide bonds. The molecule has 1 aliphatic rings. The molecule has 9 heteroatoms. The molecule has 0 saturated heterocycles. The molecule has 0 radical (unpaired) electrons. The summed E-state index contributed by atoms with van der Waals surface area (Å²) < 4.78 is 9.04. The molecule has 3 aromatic heterocycles. The average Bonchev–Trinajstić information content (AvgIpc) is 3.42. The molecule has 0 spiro atoms. The maximum Gasteiger partial charge on any atom is 0.261 e. The van der Waals surface area contributed by atoms with Crippen molar-refractivity contribution in [2.24, 2.45) is 5.92 Å². The van der Waals surface area contributed by atoms with Gasteiger partial charge in [-0.1, -0.05) is 0 Å². The Morgan fingerprint density at radius 1 is 1.26 bits per heavy atom. The number of anilines is 1. The van der Waals surface area contributed by atoms with Crippen LogP contribution < -0.4 is 10.1 Å². The molecule has 0 aliphatic heterocycles. The van der Waals surface area contributed by atoms with Gasteiger partial charge in [0.25, 0.3) is 5.91 Å². The topological polar surface area (TPSA) is 103 Å². The lowest BCUT2D eigenvalue weighted by atomic mass is 9.87. The summed E-state index contributed by atoms with van der Waals surface area (Å²) in [6.07, 6.45) is 11.6. The van der Waals surface area contributed by atoms with E-state index in [-0.39, 0.29) is 17.9 Å². The summed E-state index contributed by atoms with van der Waals surface area (Å²) in [5.74, 6) is 0.378. The number of nitrogens with zero attached hydrogens (tertiary/aromatic N) is 5. The van der Waals surface area contributed by atoms with Gasteiger partial charge in [0.15, 0.2) is 5.65 Å². The minimum absolute atomic E-state index is 0.164. The number of aldehydes is 1.